The molecule has 0 atom stereocenters. The smallest absolute Gasteiger partial charge is 0.434 e. The molecule has 0 fully saturated rings. The molecule has 0 spiro atoms. The zero-order valence-corrected chi connectivity index (χ0v) is 18.0. The number of rotatable bonds is 8. The van der Waals surface area contributed by atoms with Gasteiger partial charge in [0.05, 0.1) is 18.2 Å². The van der Waals surface area contributed by atoms with Crippen molar-refractivity contribution in [3.63, 3.8) is 0 Å². The Kier molecular flexibility index (Phi) is 8.58. The summed E-state index contributed by atoms with van der Waals surface area (Å²) in [7, 11) is 0. The van der Waals surface area contributed by atoms with E-state index in [0.717, 1.165) is 12.8 Å². The van der Waals surface area contributed by atoms with Crippen molar-refractivity contribution in [3.05, 3.63) is 35.4 Å². The molecule has 7 heteroatoms. The number of halogens is 1. The van der Waals surface area contributed by atoms with Crippen molar-refractivity contribution >= 4 is 34.7 Å². The third-order valence-electron chi connectivity index (χ3n) is 4.12. The number of ether oxygens (including phenoxy) is 4. The lowest BCUT2D eigenvalue weighted by Gasteiger charge is -2.14. The molecule has 0 radical (unpaired) electrons. The summed E-state index contributed by atoms with van der Waals surface area (Å²) in [5, 5.41) is 1.20. The molecule has 0 saturated carbocycles. The van der Waals surface area contributed by atoms with Crippen molar-refractivity contribution in [2.24, 2.45) is 11.8 Å². The molecule has 0 aliphatic carbocycles. The fourth-order valence-corrected chi connectivity index (χ4v) is 2.70. The van der Waals surface area contributed by atoms with Crippen LogP contribution in [0.2, 0.25) is 5.02 Å². The van der Waals surface area contributed by atoms with Gasteiger partial charge in [-0.25, -0.2) is 9.59 Å². The van der Waals surface area contributed by atoms with Crippen LogP contribution in [0.25, 0.3) is 10.8 Å². The van der Waals surface area contributed by atoms with Gasteiger partial charge in [-0.3, -0.25) is 0 Å². The number of benzene rings is 2. The fourth-order valence-electron chi connectivity index (χ4n) is 2.46. The van der Waals surface area contributed by atoms with Crippen molar-refractivity contribution < 1.29 is 28.5 Å². The van der Waals surface area contributed by atoms with Crippen LogP contribution in [0.3, 0.4) is 0 Å². The zero-order chi connectivity index (χ0) is 21.4. The van der Waals surface area contributed by atoms with E-state index in [0.29, 0.717) is 22.6 Å². The van der Waals surface area contributed by atoms with Gasteiger partial charge in [-0.2, -0.15) is 0 Å². The zero-order valence-electron chi connectivity index (χ0n) is 17.2. The Balaban J connectivity index is 2.16. The lowest BCUT2D eigenvalue weighted by Crippen LogP contribution is -2.14. The van der Waals surface area contributed by atoms with Crippen molar-refractivity contribution in [2.75, 3.05) is 13.2 Å². The lowest BCUT2D eigenvalue weighted by atomic mass is 10.1. The molecule has 0 saturated heterocycles. The van der Waals surface area contributed by atoms with Gasteiger partial charge in [0.1, 0.15) is 5.75 Å². The predicted octanol–water partition coefficient (Wildman–Crippen LogP) is 6.62. The van der Waals surface area contributed by atoms with E-state index in [4.69, 9.17) is 30.5 Å². The maximum absolute atomic E-state index is 12.0. The number of carbonyl (C=O) groups excluding carboxylic acids is 2. The second kappa shape index (κ2) is 10.9. The molecule has 0 amide bonds. The monoisotopic (exact) mass is 422 g/mol. The minimum absolute atomic E-state index is 0.120. The average molecular weight is 423 g/mol. The summed E-state index contributed by atoms with van der Waals surface area (Å²) in [6.07, 6.45) is -0.175. The van der Waals surface area contributed by atoms with Crippen LogP contribution in [0, 0.1) is 11.8 Å². The molecule has 0 aliphatic rings. The second-order valence-electron chi connectivity index (χ2n) is 7.50. The van der Waals surface area contributed by atoms with E-state index in [1.807, 2.05) is 27.7 Å². The molecule has 0 aromatic heterocycles. The van der Waals surface area contributed by atoms with Gasteiger partial charge >= 0.3 is 12.3 Å². The Labute approximate surface area is 176 Å². The summed E-state index contributed by atoms with van der Waals surface area (Å²) >= 11 is 6.30. The Bertz CT molecular complexity index is 847. The molecule has 2 aromatic rings. The molecule has 0 bridgehead atoms. The minimum Gasteiger partial charge on any atom is -0.434 e. The predicted molar refractivity (Wildman–Crippen MR) is 112 cm³/mol. The Hall–Kier alpha value is -2.47. The summed E-state index contributed by atoms with van der Waals surface area (Å²) in [5.41, 5.74) is 0. The van der Waals surface area contributed by atoms with E-state index >= 15 is 0 Å². The molecule has 2 rings (SSSR count). The van der Waals surface area contributed by atoms with Crippen LogP contribution in [0.15, 0.2) is 30.3 Å². The third kappa shape index (κ3) is 7.13. The van der Waals surface area contributed by atoms with E-state index in [1.54, 1.807) is 24.3 Å². The van der Waals surface area contributed by atoms with Crippen molar-refractivity contribution in [1.29, 1.82) is 0 Å². The lowest BCUT2D eigenvalue weighted by molar-refractivity contribution is 0.0933. The molecule has 0 aliphatic heterocycles. The Morgan fingerprint density at radius 3 is 1.93 bits per heavy atom. The van der Waals surface area contributed by atoms with E-state index in [-0.39, 0.29) is 29.7 Å². The standard InChI is InChI=1S/C22H27ClO6/c1-14(2)9-11-26-21(24)28-19-13-18(23)20(17-8-6-5-7-16(17)19)29-22(25)27-12-10-15(3)4/h5-8,13-15H,9-12H2,1-4H3. The van der Waals surface area contributed by atoms with Crippen LogP contribution in [0.4, 0.5) is 9.59 Å². The number of hydrogen-bond donors (Lipinski definition) is 0. The van der Waals surface area contributed by atoms with E-state index in [1.165, 1.54) is 6.07 Å². The van der Waals surface area contributed by atoms with Crippen molar-refractivity contribution in [3.8, 4) is 11.5 Å². The highest BCUT2D eigenvalue weighted by Crippen LogP contribution is 2.40. The molecule has 2 aromatic carbocycles. The van der Waals surface area contributed by atoms with Crippen molar-refractivity contribution in [2.45, 2.75) is 40.5 Å². The Morgan fingerprint density at radius 1 is 0.862 bits per heavy atom. The first-order valence-corrected chi connectivity index (χ1v) is 10.1. The fraction of sp³-hybridized carbons (Fsp3) is 0.455. The summed E-state index contributed by atoms with van der Waals surface area (Å²) < 4.78 is 20.8. The van der Waals surface area contributed by atoms with Gasteiger partial charge in [-0.05, 0) is 24.7 Å². The summed E-state index contributed by atoms with van der Waals surface area (Å²) in [6.45, 7) is 8.67. The van der Waals surface area contributed by atoms with Crippen LogP contribution in [0.5, 0.6) is 11.5 Å². The van der Waals surface area contributed by atoms with Crippen LogP contribution in [-0.4, -0.2) is 25.5 Å². The molecule has 0 unspecified atom stereocenters. The molecule has 158 valence electrons. The van der Waals surface area contributed by atoms with Crippen LogP contribution < -0.4 is 9.47 Å². The van der Waals surface area contributed by atoms with Gasteiger partial charge in [0, 0.05) is 16.8 Å². The molecule has 0 heterocycles. The van der Waals surface area contributed by atoms with Gasteiger partial charge < -0.3 is 18.9 Å². The molecule has 0 N–H and O–H groups in total. The number of carbonyl (C=O) groups is 2. The maximum Gasteiger partial charge on any atom is 0.513 e. The van der Waals surface area contributed by atoms with Gasteiger partial charge in [0.15, 0.2) is 5.75 Å². The summed E-state index contributed by atoms with van der Waals surface area (Å²) in [6, 6.07) is 8.41. The van der Waals surface area contributed by atoms with Crippen LogP contribution in [0.1, 0.15) is 40.5 Å². The first-order valence-electron chi connectivity index (χ1n) is 9.68. The average Bonchev–Trinajstić information content (AvgIpc) is 2.64. The summed E-state index contributed by atoms with van der Waals surface area (Å²) in [4.78, 5) is 24.0. The first kappa shape index (κ1) is 22.8. The highest BCUT2D eigenvalue weighted by Gasteiger charge is 2.19. The SMILES string of the molecule is CC(C)CCOC(=O)Oc1cc(Cl)c(OC(=O)OCCC(C)C)c2ccccc12. The van der Waals surface area contributed by atoms with Crippen molar-refractivity contribution in [1.82, 2.24) is 0 Å². The molecule has 29 heavy (non-hydrogen) atoms. The highest BCUT2D eigenvalue weighted by atomic mass is 35.5. The van der Waals surface area contributed by atoms with Crippen LogP contribution in [-0.2, 0) is 9.47 Å². The quantitative estimate of drug-likeness (QED) is 0.351. The van der Waals surface area contributed by atoms with E-state index < -0.39 is 12.3 Å². The molecular weight excluding hydrogens is 396 g/mol. The topological polar surface area (TPSA) is 71.1 Å². The van der Waals surface area contributed by atoms with Gasteiger partial charge in [-0.15, -0.1) is 0 Å². The normalized spacial score (nSPS) is 11.0. The second-order valence-corrected chi connectivity index (χ2v) is 7.90. The van der Waals surface area contributed by atoms with Gasteiger partial charge in [0.25, 0.3) is 0 Å². The first-order chi connectivity index (χ1) is 13.8. The Morgan fingerprint density at radius 2 is 1.38 bits per heavy atom. The number of fused-ring (bicyclic) bond motifs is 1. The third-order valence-corrected chi connectivity index (χ3v) is 4.40. The highest BCUT2D eigenvalue weighted by molar-refractivity contribution is 6.33. The number of hydrogen-bond acceptors (Lipinski definition) is 6. The van der Waals surface area contributed by atoms with Gasteiger partial charge in [0.2, 0.25) is 0 Å². The largest absolute Gasteiger partial charge is 0.513 e. The summed E-state index contributed by atoms with van der Waals surface area (Å²) in [5.74, 6) is 1.19. The maximum atomic E-state index is 12.0. The van der Waals surface area contributed by atoms with E-state index in [9.17, 15) is 9.59 Å². The van der Waals surface area contributed by atoms with Crippen LogP contribution >= 0.6 is 11.6 Å². The minimum atomic E-state index is -0.834. The molecular formula is C22H27ClO6. The van der Waals surface area contributed by atoms with Gasteiger partial charge in [-0.1, -0.05) is 63.6 Å². The molecule has 6 nitrogen and oxygen atoms in total. The van der Waals surface area contributed by atoms with E-state index in [2.05, 4.69) is 0 Å².